The summed E-state index contributed by atoms with van der Waals surface area (Å²) in [5.41, 5.74) is 2.36. The van der Waals surface area contributed by atoms with E-state index in [2.05, 4.69) is 0 Å². The van der Waals surface area contributed by atoms with Crippen LogP contribution >= 0.6 is 22.7 Å². The highest BCUT2D eigenvalue weighted by atomic mass is 32.2. The van der Waals surface area contributed by atoms with E-state index in [0.717, 1.165) is 30.4 Å². The molecule has 0 spiro atoms. The van der Waals surface area contributed by atoms with Crippen molar-refractivity contribution in [3.05, 3.63) is 88.4 Å². The van der Waals surface area contributed by atoms with Gasteiger partial charge in [0.25, 0.3) is 10.1 Å². The van der Waals surface area contributed by atoms with Gasteiger partial charge in [-0.15, -0.1) is 22.7 Å². The summed E-state index contributed by atoms with van der Waals surface area (Å²) in [6.07, 6.45) is 0.371. The molecule has 5 aromatic rings. The Hall–Kier alpha value is -2.65. The summed E-state index contributed by atoms with van der Waals surface area (Å²) >= 11 is 3.17. The van der Waals surface area contributed by atoms with Crippen LogP contribution in [0.4, 0.5) is 0 Å². The van der Waals surface area contributed by atoms with Crippen LogP contribution in [0.1, 0.15) is 21.5 Å². The summed E-state index contributed by atoms with van der Waals surface area (Å²) in [6, 6.07) is 22.4. The van der Waals surface area contributed by atoms with E-state index in [1.165, 1.54) is 6.07 Å². The molecule has 0 atom stereocenters. The number of benzene rings is 3. The molecule has 0 radical (unpaired) electrons. The number of rotatable bonds is 5. The van der Waals surface area contributed by atoms with Crippen molar-refractivity contribution in [2.75, 3.05) is 0 Å². The van der Waals surface area contributed by atoms with E-state index >= 15 is 0 Å². The Balaban J connectivity index is 1.67. The molecule has 2 aromatic heterocycles. The molecule has 0 aliphatic carbocycles. The molecule has 5 nitrogen and oxygen atoms in total. The number of aromatic nitrogens is 2. The van der Waals surface area contributed by atoms with Crippen LogP contribution in [0.15, 0.2) is 77.7 Å². The van der Waals surface area contributed by atoms with E-state index < -0.39 is 10.1 Å². The van der Waals surface area contributed by atoms with Gasteiger partial charge in [0.15, 0.2) is 0 Å². The van der Waals surface area contributed by atoms with Crippen LogP contribution in [0.2, 0.25) is 0 Å². The minimum atomic E-state index is -4.33. The highest BCUT2D eigenvalue weighted by Crippen LogP contribution is 2.38. The Labute approximate surface area is 181 Å². The van der Waals surface area contributed by atoms with Gasteiger partial charge in [0.2, 0.25) is 0 Å². The average molecular weight is 453 g/mol. The number of hydrogen-bond donors (Lipinski definition) is 1. The Morgan fingerprint density at radius 2 is 1.27 bits per heavy atom. The van der Waals surface area contributed by atoms with E-state index in [4.69, 9.17) is 9.97 Å². The molecule has 0 fully saturated rings. The molecule has 0 aliphatic rings. The smallest absolute Gasteiger partial charge is 0.282 e. The summed E-state index contributed by atoms with van der Waals surface area (Å²) in [7, 11) is -4.33. The van der Waals surface area contributed by atoms with Crippen LogP contribution in [0.3, 0.4) is 0 Å². The zero-order valence-electron chi connectivity index (χ0n) is 15.6. The number of nitrogens with zero attached hydrogens (tertiary/aromatic N) is 2. The van der Waals surface area contributed by atoms with Gasteiger partial charge in [0, 0.05) is 0 Å². The molecular weight excluding hydrogens is 436 g/mol. The minimum absolute atomic E-state index is 0.0720. The lowest BCUT2D eigenvalue weighted by atomic mass is 10.0. The third-order valence-corrected chi connectivity index (χ3v) is 8.15. The van der Waals surface area contributed by atoms with Crippen LogP contribution in [0.25, 0.3) is 20.4 Å². The average Bonchev–Trinajstić information content (AvgIpc) is 3.35. The van der Waals surface area contributed by atoms with Crippen molar-refractivity contribution in [1.29, 1.82) is 0 Å². The van der Waals surface area contributed by atoms with Crippen LogP contribution < -0.4 is 0 Å². The molecule has 5 rings (SSSR count). The quantitative estimate of drug-likeness (QED) is 0.355. The highest BCUT2D eigenvalue weighted by molar-refractivity contribution is 7.85. The van der Waals surface area contributed by atoms with Gasteiger partial charge in [-0.2, -0.15) is 8.42 Å². The number of hydrogen-bond acceptors (Lipinski definition) is 6. The Morgan fingerprint density at radius 1 is 0.767 bits per heavy atom. The van der Waals surface area contributed by atoms with E-state index in [1.807, 2.05) is 48.5 Å². The molecule has 0 unspecified atom stereocenters. The van der Waals surface area contributed by atoms with Gasteiger partial charge >= 0.3 is 0 Å². The number of thiazole rings is 2. The maximum atomic E-state index is 11.9. The van der Waals surface area contributed by atoms with Crippen molar-refractivity contribution in [2.24, 2.45) is 0 Å². The Kier molecular flexibility index (Phi) is 4.86. The first-order chi connectivity index (χ1) is 14.5. The first-order valence-electron chi connectivity index (χ1n) is 9.25. The Morgan fingerprint density at radius 3 is 1.80 bits per heavy atom. The van der Waals surface area contributed by atoms with E-state index in [0.29, 0.717) is 12.0 Å². The second kappa shape index (κ2) is 7.55. The molecule has 1 N–H and O–H groups in total. The van der Waals surface area contributed by atoms with Crippen molar-refractivity contribution < 1.29 is 13.0 Å². The lowest BCUT2D eigenvalue weighted by Crippen LogP contribution is -2.09. The van der Waals surface area contributed by atoms with E-state index in [-0.39, 0.29) is 10.8 Å². The fourth-order valence-electron chi connectivity index (χ4n) is 3.50. The monoisotopic (exact) mass is 452 g/mol. The molecule has 0 amide bonds. The maximum absolute atomic E-state index is 11.9. The van der Waals surface area contributed by atoms with Gasteiger partial charge in [0.05, 0.1) is 31.2 Å². The largest absolute Gasteiger partial charge is 0.294 e. The van der Waals surface area contributed by atoms with Crippen molar-refractivity contribution in [3.8, 4) is 0 Å². The first-order valence-corrected chi connectivity index (χ1v) is 12.3. The molecule has 0 aliphatic heterocycles. The molecule has 150 valence electrons. The molecule has 0 bridgehead atoms. The number of para-hydroxylation sites is 2. The van der Waals surface area contributed by atoms with Gasteiger partial charge in [0.1, 0.15) is 10.0 Å². The van der Waals surface area contributed by atoms with Crippen LogP contribution in [-0.2, 0) is 16.5 Å². The van der Waals surface area contributed by atoms with Gasteiger partial charge in [-0.1, -0.05) is 42.5 Å². The second-order valence-corrected chi connectivity index (χ2v) is 10.4. The van der Waals surface area contributed by atoms with Gasteiger partial charge in [-0.3, -0.25) is 4.55 Å². The zero-order chi connectivity index (χ0) is 20.7. The minimum Gasteiger partial charge on any atom is -0.282 e. The highest BCUT2D eigenvalue weighted by Gasteiger charge is 2.26. The van der Waals surface area contributed by atoms with Gasteiger partial charge in [-0.05, 0) is 42.3 Å². The predicted octanol–water partition coefficient (Wildman–Crippen LogP) is 5.53. The second-order valence-electron chi connectivity index (χ2n) is 6.88. The van der Waals surface area contributed by atoms with Crippen molar-refractivity contribution in [3.63, 3.8) is 0 Å². The Bertz CT molecular complexity index is 1330. The number of fused-ring (bicyclic) bond motifs is 2. The fraction of sp³-hybridized carbons (Fsp3) is 0.0909. The summed E-state index contributed by atoms with van der Waals surface area (Å²) in [5.74, 6) is -0.220. The summed E-state index contributed by atoms with van der Waals surface area (Å²) in [6.45, 7) is 0. The SMILES string of the molecule is O=S(=O)(O)c1ccccc1CC(c1nc2ccccc2s1)c1nc2ccccc2s1. The normalized spacial score (nSPS) is 12.2. The van der Waals surface area contributed by atoms with Gasteiger partial charge < -0.3 is 0 Å². The zero-order valence-corrected chi connectivity index (χ0v) is 18.0. The van der Waals surface area contributed by atoms with Crippen LogP contribution in [-0.4, -0.2) is 22.9 Å². The molecule has 0 saturated carbocycles. The fourth-order valence-corrected chi connectivity index (χ4v) is 6.45. The molecule has 2 heterocycles. The van der Waals surface area contributed by atoms with Crippen LogP contribution in [0, 0.1) is 0 Å². The molecular formula is C22H16N2O3S3. The molecule has 30 heavy (non-hydrogen) atoms. The van der Waals surface area contributed by atoms with Crippen LogP contribution in [0.5, 0.6) is 0 Å². The third kappa shape index (κ3) is 3.63. The van der Waals surface area contributed by atoms with E-state index in [1.54, 1.807) is 40.9 Å². The molecule has 8 heteroatoms. The lowest BCUT2D eigenvalue weighted by Gasteiger charge is -2.14. The summed E-state index contributed by atoms with van der Waals surface area (Å²) in [5, 5.41) is 1.75. The topological polar surface area (TPSA) is 80.2 Å². The van der Waals surface area contributed by atoms with Crippen molar-refractivity contribution >= 4 is 53.2 Å². The van der Waals surface area contributed by atoms with Crippen molar-refractivity contribution in [2.45, 2.75) is 17.2 Å². The summed E-state index contributed by atoms with van der Waals surface area (Å²) in [4.78, 5) is 9.57. The van der Waals surface area contributed by atoms with Crippen molar-refractivity contribution in [1.82, 2.24) is 9.97 Å². The molecule has 3 aromatic carbocycles. The standard InChI is InChI=1S/C22H16N2O3S3/c25-30(26,27)20-12-6-1-7-14(20)13-15(21-23-16-8-2-4-10-18(16)28-21)22-24-17-9-3-5-11-19(17)29-22/h1-12,15H,13H2,(H,25,26,27). The summed E-state index contributed by atoms with van der Waals surface area (Å²) < 4.78 is 35.7. The predicted molar refractivity (Wildman–Crippen MR) is 121 cm³/mol. The lowest BCUT2D eigenvalue weighted by molar-refractivity contribution is 0.481. The molecule has 0 saturated heterocycles. The van der Waals surface area contributed by atoms with E-state index in [9.17, 15) is 13.0 Å². The maximum Gasteiger partial charge on any atom is 0.294 e. The van der Waals surface area contributed by atoms with Gasteiger partial charge in [-0.25, -0.2) is 9.97 Å². The third-order valence-electron chi connectivity index (χ3n) is 4.89. The first kappa shape index (κ1) is 19.3.